The summed E-state index contributed by atoms with van der Waals surface area (Å²) in [5.41, 5.74) is 3.62. The van der Waals surface area contributed by atoms with Crippen LogP contribution in [-0.4, -0.2) is 6.03 Å². The van der Waals surface area contributed by atoms with Crippen LogP contribution in [0.15, 0.2) is 42.5 Å². The molecule has 0 bridgehead atoms. The number of benzene rings is 2. The van der Waals surface area contributed by atoms with Crippen molar-refractivity contribution < 1.29 is 9.18 Å². The number of amides is 2. The van der Waals surface area contributed by atoms with Crippen LogP contribution in [0.1, 0.15) is 25.0 Å². The second-order valence-electron chi connectivity index (χ2n) is 4.74. The summed E-state index contributed by atoms with van der Waals surface area (Å²) in [6.45, 7) is 4.11. The maximum atomic E-state index is 12.8. The van der Waals surface area contributed by atoms with Gasteiger partial charge in [-0.15, -0.1) is 0 Å². The van der Waals surface area contributed by atoms with Gasteiger partial charge in [0.05, 0.1) is 0 Å². The van der Waals surface area contributed by atoms with Crippen LogP contribution in [-0.2, 0) is 12.8 Å². The number of hydrogen-bond acceptors (Lipinski definition) is 1. The van der Waals surface area contributed by atoms with Crippen LogP contribution in [0.5, 0.6) is 0 Å². The first-order valence-electron chi connectivity index (χ1n) is 7.08. The number of carbonyl (C=O) groups is 1. The van der Waals surface area contributed by atoms with Crippen LogP contribution in [0, 0.1) is 5.82 Å². The molecule has 2 aromatic rings. The SMILES string of the molecule is CCc1cccc(CC)c1NC(=O)Nc1ccc(F)cc1. The Bertz CT molecular complexity index is 601. The standard InChI is InChI=1S/C17H19FN2O/c1-3-12-6-5-7-13(4-2)16(12)20-17(21)19-15-10-8-14(18)9-11-15/h5-11H,3-4H2,1-2H3,(H2,19,20,21). The molecule has 2 N–H and O–H groups in total. The Morgan fingerprint density at radius 2 is 1.52 bits per heavy atom. The molecule has 0 heterocycles. The lowest BCUT2D eigenvalue weighted by molar-refractivity contribution is 0.262. The Labute approximate surface area is 124 Å². The molecule has 0 aliphatic carbocycles. The maximum Gasteiger partial charge on any atom is 0.323 e. The molecule has 3 nitrogen and oxygen atoms in total. The first-order chi connectivity index (χ1) is 10.1. The zero-order valence-electron chi connectivity index (χ0n) is 12.2. The number of aryl methyl sites for hydroxylation is 2. The maximum absolute atomic E-state index is 12.8. The van der Waals surface area contributed by atoms with Gasteiger partial charge in [-0.25, -0.2) is 9.18 Å². The third kappa shape index (κ3) is 3.81. The minimum atomic E-state index is -0.328. The van der Waals surface area contributed by atoms with E-state index < -0.39 is 0 Å². The molecular weight excluding hydrogens is 267 g/mol. The highest BCUT2D eigenvalue weighted by Crippen LogP contribution is 2.22. The Morgan fingerprint density at radius 3 is 2.05 bits per heavy atom. The van der Waals surface area contributed by atoms with Crippen molar-refractivity contribution in [2.75, 3.05) is 10.6 Å². The summed E-state index contributed by atoms with van der Waals surface area (Å²) in [4.78, 5) is 12.1. The molecule has 0 fully saturated rings. The van der Waals surface area contributed by atoms with Gasteiger partial charge in [0.15, 0.2) is 0 Å². The summed E-state index contributed by atoms with van der Waals surface area (Å²) in [7, 11) is 0. The molecule has 0 atom stereocenters. The number of halogens is 1. The quantitative estimate of drug-likeness (QED) is 0.847. The molecule has 2 rings (SSSR count). The second kappa shape index (κ2) is 6.88. The average molecular weight is 286 g/mol. The van der Waals surface area contributed by atoms with Crippen LogP contribution in [0.25, 0.3) is 0 Å². The molecule has 2 amide bonds. The van der Waals surface area contributed by atoms with Gasteiger partial charge in [-0.1, -0.05) is 32.0 Å². The predicted octanol–water partition coefficient (Wildman–Crippen LogP) is 4.59. The smallest absolute Gasteiger partial charge is 0.308 e. The van der Waals surface area contributed by atoms with Crippen LogP contribution in [0.3, 0.4) is 0 Å². The van der Waals surface area contributed by atoms with Crippen molar-refractivity contribution in [3.8, 4) is 0 Å². The number of carbonyl (C=O) groups excluding carboxylic acids is 1. The molecule has 0 saturated heterocycles. The second-order valence-corrected chi connectivity index (χ2v) is 4.74. The van der Waals surface area contributed by atoms with E-state index in [9.17, 15) is 9.18 Å². The van der Waals surface area contributed by atoms with Gasteiger partial charge in [0.1, 0.15) is 5.82 Å². The van der Waals surface area contributed by atoms with Crippen molar-refractivity contribution in [3.63, 3.8) is 0 Å². The van der Waals surface area contributed by atoms with Crippen molar-refractivity contribution in [2.24, 2.45) is 0 Å². The average Bonchev–Trinajstić information content (AvgIpc) is 2.49. The van der Waals surface area contributed by atoms with Crippen molar-refractivity contribution >= 4 is 17.4 Å². The number of para-hydroxylation sites is 1. The lowest BCUT2D eigenvalue weighted by Gasteiger charge is -2.15. The zero-order chi connectivity index (χ0) is 15.2. The highest BCUT2D eigenvalue weighted by atomic mass is 19.1. The highest BCUT2D eigenvalue weighted by molar-refractivity contribution is 6.00. The first kappa shape index (κ1) is 15.0. The molecule has 4 heteroatoms. The Balaban J connectivity index is 2.14. The molecule has 0 aromatic heterocycles. The molecule has 0 saturated carbocycles. The van der Waals surface area contributed by atoms with Crippen LogP contribution >= 0.6 is 0 Å². The van der Waals surface area contributed by atoms with Crippen molar-refractivity contribution in [1.29, 1.82) is 0 Å². The molecule has 0 spiro atoms. The van der Waals surface area contributed by atoms with Gasteiger partial charge < -0.3 is 10.6 Å². The number of rotatable bonds is 4. The van der Waals surface area contributed by atoms with Crippen LogP contribution in [0.2, 0.25) is 0 Å². The number of nitrogens with one attached hydrogen (secondary N) is 2. The molecule has 0 aliphatic rings. The summed E-state index contributed by atoms with van der Waals surface area (Å²) < 4.78 is 12.8. The van der Waals surface area contributed by atoms with E-state index >= 15 is 0 Å². The third-order valence-corrected chi connectivity index (χ3v) is 3.34. The van der Waals surface area contributed by atoms with Gasteiger partial charge in [0.2, 0.25) is 0 Å². The monoisotopic (exact) mass is 286 g/mol. The van der Waals surface area contributed by atoms with Gasteiger partial charge in [0.25, 0.3) is 0 Å². The van der Waals surface area contributed by atoms with E-state index in [1.165, 1.54) is 24.3 Å². The van der Waals surface area contributed by atoms with E-state index in [1.54, 1.807) is 0 Å². The van der Waals surface area contributed by atoms with Crippen molar-refractivity contribution in [1.82, 2.24) is 0 Å². The topological polar surface area (TPSA) is 41.1 Å². The third-order valence-electron chi connectivity index (χ3n) is 3.34. The number of urea groups is 1. The lowest BCUT2D eigenvalue weighted by atomic mass is 10.0. The molecule has 110 valence electrons. The van der Waals surface area contributed by atoms with E-state index in [4.69, 9.17) is 0 Å². The Kier molecular flexibility index (Phi) is 4.93. The van der Waals surface area contributed by atoms with E-state index in [1.807, 2.05) is 18.2 Å². The molecule has 21 heavy (non-hydrogen) atoms. The number of hydrogen-bond donors (Lipinski definition) is 2. The summed E-state index contributed by atoms with van der Waals surface area (Å²) in [6.07, 6.45) is 1.69. The summed E-state index contributed by atoms with van der Waals surface area (Å²) >= 11 is 0. The van der Waals surface area contributed by atoms with Crippen molar-refractivity contribution in [2.45, 2.75) is 26.7 Å². The molecule has 2 aromatic carbocycles. The van der Waals surface area contributed by atoms with E-state index in [-0.39, 0.29) is 11.8 Å². The fourth-order valence-electron chi connectivity index (χ4n) is 2.21. The fourth-order valence-corrected chi connectivity index (χ4v) is 2.21. The van der Waals surface area contributed by atoms with Gasteiger partial charge in [-0.2, -0.15) is 0 Å². The van der Waals surface area contributed by atoms with Crippen LogP contribution in [0.4, 0.5) is 20.6 Å². The Hall–Kier alpha value is -2.36. The number of anilines is 2. The predicted molar refractivity (Wildman–Crippen MR) is 84.2 cm³/mol. The minimum absolute atomic E-state index is 0.322. The van der Waals surface area contributed by atoms with Crippen molar-refractivity contribution in [3.05, 3.63) is 59.4 Å². The Morgan fingerprint density at radius 1 is 0.952 bits per heavy atom. The minimum Gasteiger partial charge on any atom is -0.308 e. The molecular formula is C17H19FN2O. The lowest BCUT2D eigenvalue weighted by Crippen LogP contribution is -2.21. The van der Waals surface area contributed by atoms with E-state index in [2.05, 4.69) is 24.5 Å². The molecule has 0 unspecified atom stereocenters. The normalized spacial score (nSPS) is 10.2. The summed E-state index contributed by atoms with van der Waals surface area (Å²) in [5, 5.41) is 5.60. The summed E-state index contributed by atoms with van der Waals surface area (Å²) in [5.74, 6) is -0.328. The molecule has 0 radical (unpaired) electrons. The van der Waals surface area contributed by atoms with Crippen LogP contribution < -0.4 is 10.6 Å². The van der Waals surface area contributed by atoms with Gasteiger partial charge >= 0.3 is 6.03 Å². The first-order valence-corrected chi connectivity index (χ1v) is 7.08. The summed E-state index contributed by atoms with van der Waals surface area (Å²) in [6, 6.07) is 11.4. The highest BCUT2D eigenvalue weighted by Gasteiger charge is 2.10. The molecule has 0 aliphatic heterocycles. The largest absolute Gasteiger partial charge is 0.323 e. The van der Waals surface area contributed by atoms with E-state index in [0.717, 1.165) is 29.7 Å². The van der Waals surface area contributed by atoms with Gasteiger partial charge in [-0.05, 0) is 48.2 Å². The van der Waals surface area contributed by atoms with Gasteiger partial charge in [0, 0.05) is 11.4 Å². The fraction of sp³-hybridized carbons (Fsp3) is 0.235. The zero-order valence-corrected chi connectivity index (χ0v) is 12.2. The van der Waals surface area contributed by atoms with Gasteiger partial charge in [-0.3, -0.25) is 0 Å². The van der Waals surface area contributed by atoms with E-state index in [0.29, 0.717) is 5.69 Å².